The zero-order valence-corrected chi connectivity index (χ0v) is 17.7. The summed E-state index contributed by atoms with van der Waals surface area (Å²) in [5, 5.41) is 0. The fourth-order valence-corrected chi connectivity index (χ4v) is 11.5. The molecule has 0 aromatic rings. The van der Waals surface area contributed by atoms with Crippen LogP contribution in [0, 0.1) is 17.8 Å². The highest BCUT2D eigenvalue weighted by atomic mass is 28.4. The molecule has 3 heteroatoms. The lowest BCUT2D eigenvalue weighted by Gasteiger charge is -2.46. The Morgan fingerprint density at radius 2 is 1.58 bits per heavy atom. The summed E-state index contributed by atoms with van der Waals surface area (Å²) in [5.74, 6) is 1.98. The number of carbonyl (C=O) groups excluding carboxylic acids is 1. The Hall–Kier alpha value is -0.413. The molecule has 2 fully saturated rings. The predicted octanol–water partition coefficient (Wildman–Crippen LogP) is 6.13. The predicted molar refractivity (Wildman–Crippen MR) is 105 cm³/mol. The Balaban J connectivity index is 2.31. The van der Waals surface area contributed by atoms with Gasteiger partial charge in [0.25, 0.3) is 0 Å². The van der Waals surface area contributed by atoms with Crippen LogP contribution in [0.4, 0.5) is 0 Å². The van der Waals surface area contributed by atoms with Crippen molar-refractivity contribution in [1.82, 2.24) is 0 Å². The molecule has 2 nitrogen and oxygen atoms in total. The zero-order chi connectivity index (χ0) is 18.1. The topological polar surface area (TPSA) is 26.3 Å². The number of rotatable bonds is 6. The van der Waals surface area contributed by atoms with E-state index in [1.807, 2.05) is 0 Å². The second kappa shape index (κ2) is 7.86. The van der Waals surface area contributed by atoms with E-state index in [1.54, 1.807) is 0 Å². The van der Waals surface area contributed by atoms with Crippen LogP contribution < -0.4 is 0 Å². The van der Waals surface area contributed by atoms with Crippen LogP contribution >= 0.6 is 0 Å². The molecule has 2 saturated carbocycles. The van der Waals surface area contributed by atoms with Crippen LogP contribution in [0.5, 0.6) is 0 Å². The van der Waals surface area contributed by atoms with Crippen molar-refractivity contribution in [2.24, 2.45) is 17.8 Å². The van der Waals surface area contributed by atoms with Gasteiger partial charge in [0.15, 0.2) is 0 Å². The summed E-state index contributed by atoms with van der Waals surface area (Å²) in [6.07, 6.45) is 7.17. The van der Waals surface area contributed by atoms with Gasteiger partial charge in [-0.15, -0.1) is 6.58 Å². The second-order valence-electron chi connectivity index (χ2n) is 9.06. The van der Waals surface area contributed by atoms with Crippen molar-refractivity contribution < 1.29 is 9.22 Å². The summed E-state index contributed by atoms with van der Waals surface area (Å²) in [6, 6.07) is 0. The standard InChI is InChI=1S/C21H38O2Si/c1-8-17-9-11-19-20(17)13-18(22)10-12-21(19)23-24(14(2)3,15(4)5)16(6)7/h8,14-17,19-21H,1,9-13H2,2-7H3/t17?,19-,20?,21+/m0/s1. The van der Waals surface area contributed by atoms with Gasteiger partial charge in [-0.25, -0.2) is 0 Å². The Kier molecular flexibility index (Phi) is 6.52. The van der Waals surface area contributed by atoms with Gasteiger partial charge < -0.3 is 4.43 Å². The average Bonchev–Trinajstić information content (AvgIpc) is 2.82. The first-order valence-corrected chi connectivity index (χ1v) is 12.2. The second-order valence-corrected chi connectivity index (χ2v) is 14.5. The molecule has 2 aliphatic rings. The van der Waals surface area contributed by atoms with Gasteiger partial charge in [0.05, 0.1) is 0 Å². The molecule has 0 saturated heterocycles. The minimum Gasteiger partial charge on any atom is -0.413 e. The van der Waals surface area contributed by atoms with Crippen molar-refractivity contribution in [3.8, 4) is 0 Å². The van der Waals surface area contributed by atoms with E-state index in [9.17, 15) is 4.79 Å². The third kappa shape index (κ3) is 3.58. The molecule has 138 valence electrons. The van der Waals surface area contributed by atoms with Crippen molar-refractivity contribution in [3.05, 3.63) is 12.7 Å². The van der Waals surface area contributed by atoms with Crippen molar-refractivity contribution in [1.29, 1.82) is 0 Å². The lowest BCUT2D eigenvalue weighted by Crippen LogP contribution is -2.51. The number of hydrogen-bond acceptors (Lipinski definition) is 2. The SMILES string of the molecule is C=CC1CC[C@H]2C1CC(=O)CC[C@H]2O[Si](C(C)C)(C(C)C)C(C)C. The van der Waals surface area contributed by atoms with Gasteiger partial charge in [0.2, 0.25) is 8.32 Å². The summed E-state index contributed by atoms with van der Waals surface area (Å²) in [5.41, 5.74) is 1.81. The normalized spacial score (nSPS) is 31.6. The van der Waals surface area contributed by atoms with E-state index in [2.05, 4.69) is 54.2 Å². The Morgan fingerprint density at radius 1 is 1.00 bits per heavy atom. The highest BCUT2D eigenvalue weighted by molar-refractivity contribution is 6.77. The van der Waals surface area contributed by atoms with Crippen LogP contribution in [0.15, 0.2) is 12.7 Å². The molecule has 2 unspecified atom stereocenters. The lowest BCUT2D eigenvalue weighted by atomic mass is 9.84. The quantitative estimate of drug-likeness (QED) is 0.425. The fraction of sp³-hybridized carbons (Fsp3) is 0.857. The van der Waals surface area contributed by atoms with Gasteiger partial charge >= 0.3 is 0 Å². The van der Waals surface area contributed by atoms with Gasteiger partial charge in [0, 0.05) is 18.9 Å². The Labute approximate surface area is 150 Å². The molecule has 2 rings (SSSR count). The maximum Gasteiger partial charge on any atom is 0.200 e. The largest absolute Gasteiger partial charge is 0.413 e. The molecule has 4 atom stereocenters. The van der Waals surface area contributed by atoms with Crippen molar-refractivity contribution in [3.63, 3.8) is 0 Å². The van der Waals surface area contributed by atoms with Gasteiger partial charge in [-0.05, 0) is 53.6 Å². The minimum absolute atomic E-state index is 0.283. The molecular weight excluding hydrogens is 312 g/mol. The van der Waals surface area contributed by atoms with Crippen molar-refractivity contribution >= 4 is 14.1 Å². The minimum atomic E-state index is -1.89. The number of allylic oxidation sites excluding steroid dienone is 1. The third-order valence-electron chi connectivity index (χ3n) is 6.95. The van der Waals surface area contributed by atoms with E-state index in [0.717, 1.165) is 12.8 Å². The molecular formula is C21H38O2Si. The summed E-state index contributed by atoms with van der Waals surface area (Å²) >= 11 is 0. The molecule has 0 aromatic heterocycles. The van der Waals surface area contributed by atoms with Gasteiger partial charge in [-0.3, -0.25) is 4.79 Å². The third-order valence-corrected chi connectivity index (χ3v) is 13.1. The molecule has 0 heterocycles. The van der Waals surface area contributed by atoms with E-state index < -0.39 is 8.32 Å². The van der Waals surface area contributed by atoms with Crippen LogP contribution in [-0.2, 0) is 9.22 Å². The van der Waals surface area contributed by atoms with Crippen LogP contribution in [-0.4, -0.2) is 20.2 Å². The number of hydrogen-bond donors (Lipinski definition) is 0. The molecule has 0 spiro atoms. The lowest BCUT2D eigenvalue weighted by molar-refractivity contribution is -0.119. The van der Waals surface area contributed by atoms with E-state index in [-0.39, 0.29) is 6.10 Å². The first-order chi connectivity index (χ1) is 11.2. The molecule has 0 aromatic carbocycles. The summed E-state index contributed by atoms with van der Waals surface area (Å²) in [7, 11) is -1.89. The van der Waals surface area contributed by atoms with Crippen molar-refractivity contribution in [2.75, 3.05) is 0 Å². The first-order valence-electron chi connectivity index (χ1n) is 10.1. The maximum absolute atomic E-state index is 12.3. The monoisotopic (exact) mass is 350 g/mol. The van der Waals surface area contributed by atoms with Crippen LogP contribution in [0.25, 0.3) is 0 Å². The molecule has 0 amide bonds. The zero-order valence-electron chi connectivity index (χ0n) is 16.7. The number of carbonyl (C=O) groups is 1. The van der Waals surface area contributed by atoms with E-state index in [1.165, 1.54) is 12.8 Å². The molecule has 0 radical (unpaired) electrons. The molecule has 2 aliphatic carbocycles. The first kappa shape index (κ1) is 19.9. The average molecular weight is 351 g/mol. The van der Waals surface area contributed by atoms with Gasteiger partial charge in [0.1, 0.15) is 5.78 Å². The highest BCUT2D eigenvalue weighted by Crippen LogP contribution is 2.50. The van der Waals surface area contributed by atoms with Gasteiger partial charge in [-0.1, -0.05) is 47.6 Å². The summed E-state index contributed by atoms with van der Waals surface area (Å²) in [4.78, 5) is 12.3. The van der Waals surface area contributed by atoms with E-state index >= 15 is 0 Å². The molecule has 0 N–H and O–H groups in total. The highest BCUT2D eigenvalue weighted by Gasteiger charge is 2.50. The maximum atomic E-state index is 12.3. The Bertz CT molecular complexity index is 433. The Morgan fingerprint density at radius 3 is 2.08 bits per heavy atom. The van der Waals surface area contributed by atoms with E-state index in [4.69, 9.17) is 4.43 Å². The van der Waals surface area contributed by atoms with Crippen LogP contribution in [0.2, 0.25) is 16.6 Å². The van der Waals surface area contributed by atoms with E-state index in [0.29, 0.717) is 46.6 Å². The van der Waals surface area contributed by atoms with Crippen LogP contribution in [0.3, 0.4) is 0 Å². The number of ketones is 1. The summed E-state index contributed by atoms with van der Waals surface area (Å²) < 4.78 is 7.15. The summed E-state index contributed by atoms with van der Waals surface area (Å²) in [6.45, 7) is 18.2. The molecule has 0 bridgehead atoms. The molecule has 24 heavy (non-hydrogen) atoms. The molecule has 0 aliphatic heterocycles. The van der Waals surface area contributed by atoms with Crippen LogP contribution in [0.1, 0.15) is 73.6 Å². The smallest absolute Gasteiger partial charge is 0.200 e. The fourth-order valence-electron chi connectivity index (χ4n) is 5.89. The number of Topliss-reactive ketones (excluding diaryl/α,β-unsaturated/α-hetero) is 1. The van der Waals surface area contributed by atoms with Crippen molar-refractivity contribution in [2.45, 2.75) is 96.4 Å². The van der Waals surface area contributed by atoms with Gasteiger partial charge in [-0.2, -0.15) is 0 Å². The number of fused-ring (bicyclic) bond motifs is 1.